The SMILES string of the molecule is O=C(Nc1ccccc1)c1c(N=Cc2ccc(OCc3ccc(Cl)cc3Cl)cc2)sc2c1CCCCCC2. The van der Waals surface area contributed by atoms with E-state index in [1.54, 1.807) is 23.5 Å². The Morgan fingerprint density at radius 3 is 2.47 bits per heavy atom. The van der Waals surface area contributed by atoms with Crippen molar-refractivity contribution in [3.05, 3.63) is 110 Å². The van der Waals surface area contributed by atoms with Crippen LogP contribution in [0.2, 0.25) is 10.0 Å². The molecule has 0 saturated carbocycles. The molecule has 1 heterocycles. The summed E-state index contributed by atoms with van der Waals surface area (Å²) in [5, 5.41) is 5.02. The number of amides is 1. The van der Waals surface area contributed by atoms with Crippen LogP contribution in [0.25, 0.3) is 0 Å². The number of benzene rings is 3. The number of ether oxygens (including phenoxy) is 1. The van der Waals surface area contributed by atoms with E-state index in [1.807, 2.05) is 66.9 Å². The van der Waals surface area contributed by atoms with Crippen LogP contribution in [-0.2, 0) is 19.4 Å². The Morgan fingerprint density at radius 2 is 1.71 bits per heavy atom. The molecule has 1 N–H and O–H groups in total. The van der Waals surface area contributed by atoms with E-state index in [2.05, 4.69) is 5.32 Å². The molecule has 0 atom stereocenters. The Morgan fingerprint density at radius 1 is 0.947 bits per heavy atom. The Labute approximate surface area is 237 Å². The van der Waals surface area contributed by atoms with Crippen molar-refractivity contribution in [2.75, 3.05) is 5.32 Å². The molecule has 4 nitrogen and oxygen atoms in total. The zero-order valence-electron chi connectivity index (χ0n) is 20.9. The molecule has 0 saturated heterocycles. The Bertz CT molecular complexity index is 1430. The number of nitrogens with one attached hydrogen (secondary N) is 1. The molecule has 0 fully saturated rings. The van der Waals surface area contributed by atoms with Gasteiger partial charge in [-0.1, -0.05) is 60.3 Å². The van der Waals surface area contributed by atoms with Gasteiger partial charge in [0.15, 0.2) is 0 Å². The maximum absolute atomic E-state index is 13.4. The van der Waals surface area contributed by atoms with Gasteiger partial charge in [-0.15, -0.1) is 11.3 Å². The first kappa shape index (κ1) is 26.5. The van der Waals surface area contributed by atoms with Crippen LogP contribution in [-0.4, -0.2) is 12.1 Å². The number of thiophene rings is 1. The lowest BCUT2D eigenvalue weighted by Crippen LogP contribution is -2.14. The second kappa shape index (κ2) is 12.6. The number of para-hydroxylation sites is 1. The topological polar surface area (TPSA) is 50.7 Å². The Balaban J connectivity index is 1.34. The number of rotatable bonds is 7. The van der Waals surface area contributed by atoms with Gasteiger partial charge in [-0.2, -0.15) is 0 Å². The number of carbonyl (C=O) groups excluding carboxylic acids is 1. The minimum atomic E-state index is -0.0916. The first-order valence-electron chi connectivity index (χ1n) is 12.8. The predicted molar refractivity (Wildman–Crippen MR) is 159 cm³/mol. The first-order chi connectivity index (χ1) is 18.6. The minimum absolute atomic E-state index is 0.0916. The van der Waals surface area contributed by atoms with E-state index in [1.165, 1.54) is 23.3 Å². The third-order valence-electron chi connectivity index (χ3n) is 6.53. The summed E-state index contributed by atoms with van der Waals surface area (Å²) in [5.74, 6) is 0.640. The van der Waals surface area contributed by atoms with Crippen LogP contribution in [0, 0.1) is 0 Å². The van der Waals surface area contributed by atoms with Crippen molar-refractivity contribution in [3.63, 3.8) is 0 Å². The van der Waals surface area contributed by atoms with E-state index in [-0.39, 0.29) is 5.91 Å². The van der Waals surface area contributed by atoms with Crippen LogP contribution in [0.1, 0.15) is 57.6 Å². The summed E-state index contributed by atoms with van der Waals surface area (Å²) < 4.78 is 5.89. The molecule has 7 heteroatoms. The fourth-order valence-electron chi connectivity index (χ4n) is 4.53. The molecule has 38 heavy (non-hydrogen) atoms. The highest BCUT2D eigenvalue weighted by Crippen LogP contribution is 2.39. The molecule has 0 spiro atoms. The number of aliphatic imine (C=N–C) groups is 1. The number of nitrogens with zero attached hydrogens (tertiary/aromatic N) is 1. The molecule has 1 aliphatic rings. The number of anilines is 1. The zero-order valence-corrected chi connectivity index (χ0v) is 23.2. The van der Waals surface area contributed by atoms with E-state index in [9.17, 15) is 4.79 Å². The van der Waals surface area contributed by atoms with Crippen molar-refractivity contribution >= 4 is 57.3 Å². The highest BCUT2D eigenvalue weighted by atomic mass is 35.5. The van der Waals surface area contributed by atoms with E-state index < -0.39 is 0 Å². The highest BCUT2D eigenvalue weighted by Gasteiger charge is 2.24. The number of aryl methyl sites for hydroxylation is 1. The third kappa shape index (κ3) is 6.65. The summed E-state index contributed by atoms with van der Waals surface area (Å²) in [6, 6.07) is 22.7. The van der Waals surface area contributed by atoms with E-state index in [0.29, 0.717) is 22.2 Å². The second-order valence-corrected chi connectivity index (χ2v) is 11.2. The smallest absolute Gasteiger partial charge is 0.259 e. The number of carbonyl (C=O) groups is 1. The largest absolute Gasteiger partial charge is 0.489 e. The summed E-state index contributed by atoms with van der Waals surface area (Å²) in [7, 11) is 0. The average Bonchev–Trinajstić information content (AvgIpc) is 3.24. The van der Waals surface area contributed by atoms with E-state index in [0.717, 1.165) is 53.2 Å². The van der Waals surface area contributed by atoms with Crippen LogP contribution in [0.5, 0.6) is 5.75 Å². The van der Waals surface area contributed by atoms with Gasteiger partial charge in [-0.05, 0) is 85.3 Å². The van der Waals surface area contributed by atoms with Crippen molar-refractivity contribution in [1.82, 2.24) is 0 Å². The average molecular weight is 564 g/mol. The molecule has 1 aliphatic carbocycles. The number of halogens is 2. The third-order valence-corrected chi connectivity index (χ3v) is 8.32. The normalized spacial score (nSPS) is 13.5. The predicted octanol–water partition coefficient (Wildman–Crippen LogP) is 9.30. The van der Waals surface area contributed by atoms with Gasteiger partial charge < -0.3 is 10.1 Å². The Kier molecular flexibility index (Phi) is 8.79. The summed E-state index contributed by atoms with van der Waals surface area (Å²) in [5.41, 5.74) is 4.47. The molecule has 1 amide bonds. The van der Waals surface area contributed by atoms with Gasteiger partial charge in [0.2, 0.25) is 0 Å². The van der Waals surface area contributed by atoms with Gasteiger partial charge in [0, 0.05) is 32.4 Å². The standard InChI is InChI=1S/C31H28Cl2N2O2S/c32-23-15-14-22(27(33)18-23)20-37-25-16-12-21(13-17-25)19-34-31-29(30(36)35-24-8-4-3-5-9-24)26-10-6-1-2-7-11-28(26)38-31/h3-5,8-9,12-19H,1-2,6-7,10-11,20H2,(H,35,36). The molecule has 0 aliphatic heterocycles. The lowest BCUT2D eigenvalue weighted by Gasteiger charge is -2.12. The Hall–Kier alpha value is -3.12. The minimum Gasteiger partial charge on any atom is -0.489 e. The van der Waals surface area contributed by atoms with Crippen LogP contribution >= 0.6 is 34.5 Å². The molecule has 1 aromatic heterocycles. The van der Waals surface area contributed by atoms with Crippen molar-refractivity contribution in [2.24, 2.45) is 4.99 Å². The fourth-order valence-corrected chi connectivity index (χ4v) is 6.22. The van der Waals surface area contributed by atoms with Gasteiger partial charge in [0.1, 0.15) is 17.4 Å². The fraction of sp³-hybridized carbons (Fsp3) is 0.226. The monoisotopic (exact) mass is 562 g/mol. The molecule has 4 aromatic rings. The van der Waals surface area contributed by atoms with Crippen molar-refractivity contribution < 1.29 is 9.53 Å². The van der Waals surface area contributed by atoms with Crippen LogP contribution < -0.4 is 10.1 Å². The van der Waals surface area contributed by atoms with Crippen molar-refractivity contribution in [3.8, 4) is 5.75 Å². The lowest BCUT2D eigenvalue weighted by atomic mass is 9.96. The maximum atomic E-state index is 13.4. The first-order valence-corrected chi connectivity index (χ1v) is 14.4. The van der Waals surface area contributed by atoms with Crippen LogP contribution in [0.15, 0.2) is 77.8 Å². The van der Waals surface area contributed by atoms with Gasteiger partial charge in [-0.25, -0.2) is 4.99 Å². The van der Waals surface area contributed by atoms with Crippen LogP contribution in [0.4, 0.5) is 10.7 Å². The molecule has 0 bridgehead atoms. The number of hydrogen-bond acceptors (Lipinski definition) is 4. The summed E-state index contributed by atoms with van der Waals surface area (Å²) in [4.78, 5) is 19.5. The maximum Gasteiger partial charge on any atom is 0.259 e. The molecule has 0 unspecified atom stereocenters. The quantitative estimate of drug-likeness (QED) is 0.228. The van der Waals surface area contributed by atoms with Crippen LogP contribution in [0.3, 0.4) is 0 Å². The lowest BCUT2D eigenvalue weighted by molar-refractivity contribution is 0.102. The molecule has 5 rings (SSSR count). The second-order valence-electron chi connectivity index (χ2n) is 9.27. The van der Waals surface area contributed by atoms with Gasteiger partial charge in [-0.3, -0.25) is 4.79 Å². The molecular weight excluding hydrogens is 535 g/mol. The number of fused-ring (bicyclic) bond motifs is 1. The molecule has 194 valence electrons. The van der Waals surface area contributed by atoms with Gasteiger partial charge in [0.05, 0.1) is 5.56 Å². The highest BCUT2D eigenvalue weighted by molar-refractivity contribution is 7.16. The zero-order chi connectivity index (χ0) is 26.3. The number of hydrogen-bond donors (Lipinski definition) is 1. The summed E-state index contributed by atoms with van der Waals surface area (Å²) in [6.07, 6.45) is 8.43. The van der Waals surface area contributed by atoms with E-state index in [4.69, 9.17) is 32.9 Å². The van der Waals surface area contributed by atoms with Gasteiger partial charge >= 0.3 is 0 Å². The molecule has 0 radical (unpaired) electrons. The summed E-state index contributed by atoms with van der Waals surface area (Å²) >= 11 is 13.9. The summed E-state index contributed by atoms with van der Waals surface area (Å²) in [6.45, 7) is 0.351. The van der Waals surface area contributed by atoms with Gasteiger partial charge in [0.25, 0.3) is 5.91 Å². The molecule has 3 aromatic carbocycles. The molecular formula is C31H28Cl2N2O2S. The van der Waals surface area contributed by atoms with E-state index >= 15 is 0 Å². The van der Waals surface area contributed by atoms with Crippen molar-refractivity contribution in [2.45, 2.75) is 45.1 Å². The van der Waals surface area contributed by atoms with Crippen molar-refractivity contribution in [1.29, 1.82) is 0 Å².